The van der Waals surface area contributed by atoms with Crippen molar-refractivity contribution in [2.24, 2.45) is 0 Å². The van der Waals surface area contributed by atoms with Gasteiger partial charge in [-0.2, -0.15) is 0 Å². The van der Waals surface area contributed by atoms with Crippen molar-refractivity contribution < 1.29 is 13.9 Å². The molecule has 0 atom stereocenters. The largest absolute Gasteiger partial charge is 0.468 e. The third kappa shape index (κ3) is 3.63. The molecule has 1 aromatic rings. The number of hydrogen-bond acceptors (Lipinski definition) is 3. The molecule has 0 saturated heterocycles. The molecule has 0 spiro atoms. The van der Waals surface area contributed by atoms with E-state index in [-0.39, 0.29) is 5.97 Å². The minimum absolute atomic E-state index is 0.185. The molecule has 13 heavy (non-hydrogen) atoms. The quantitative estimate of drug-likeness (QED) is 0.767. The summed E-state index contributed by atoms with van der Waals surface area (Å²) in [7, 11) is 0. The molecular formula is C9H11BrO3. The summed E-state index contributed by atoms with van der Waals surface area (Å²) in [5.74, 6) is 0.606. The van der Waals surface area contributed by atoms with Crippen molar-refractivity contribution >= 4 is 21.9 Å². The van der Waals surface area contributed by atoms with Crippen LogP contribution in [0.3, 0.4) is 0 Å². The van der Waals surface area contributed by atoms with Crippen molar-refractivity contribution in [2.75, 3.05) is 6.61 Å². The van der Waals surface area contributed by atoms with Crippen LogP contribution in [-0.2, 0) is 16.0 Å². The van der Waals surface area contributed by atoms with E-state index < -0.39 is 0 Å². The SMILES string of the molecule is CCOC(=O)CCc1cc(Br)co1. The lowest BCUT2D eigenvalue weighted by molar-refractivity contribution is -0.143. The van der Waals surface area contributed by atoms with Crippen LogP contribution in [0, 0.1) is 0 Å². The van der Waals surface area contributed by atoms with Crippen molar-refractivity contribution in [3.05, 3.63) is 22.6 Å². The highest BCUT2D eigenvalue weighted by Gasteiger charge is 2.05. The lowest BCUT2D eigenvalue weighted by Crippen LogP contribution is -2.04. The maximum absolute atomic E-state index is 10.9. The summed E-state index contributed by atoms with van der Waals surface area (Å²) < 4.78 is 10.8. The summed E-state index contributed by atoms with van der Waals surface area (Å²) in [5, 5.41) is 0. The van der Waals surface area contributed by atoms with Crippen LogP contribution in [-0.4, -0.2) is 12.6 Å². The van der Waals surface area contributed by atoms with Gasteiger partial charge in [0.05, 0.1) is 17.5 Å². The first-order chi connectivity index (χ1) is 6.22. The third-order valence-electron chi connectivity index (χ3n) is 1.50. The van der Waals surface area contributed by atoms with E-state index in [1.807, 2.05) is 6.07 Å². The average molecular weight is 247 g/mol. The number of furan rings is 1. The van der Waals surface area contributed by atoms with E-state index in [4.69, 9.17) is 9.15 Å². The predicted octanol–water partition coefficient (Wildman–Crippen LogP) is 2.54. The Labute approximate surface area is 85.2 Å². The van der Waals surface area contributed by atoms with Gasteiger partial charge in [-0.25, -0.2) is 0 Å². The van der Waals surface area contributed by atoms with Gasteiger partial charge < -0.3 is 9.15 Å². The molecular weight excluding hydrogens is 236 g/mol. The van der Waals surface area contributed by atoms with Crippen LogP contribution in [0.4, 0.5) is 0 Å². The topological polar surface area (TPSA) is 39.4 Å². The lowest BCUT2D eigenvalue weighted by atomic mass is 10.2. The molecule has 0 aliphatic heterocycles. The van der Waals surface area contributed by atoms with E-state index in [0.717, 1.165) is 10.2 Å². The Morgan fingerprint density at radius 3 is 3.00 bits per heavy atom. The van der Waals surface area contributed by atoms with Gasteiger partial charge in [0.2, 0.25) is 0 Å². The van der Waals surface area contributed by atoms with Gasteiger partial charge in [-0.1, -0.05) is 0 Å². The van der Waals surface area contributed by atoms with Crippen molar-refractivity contribution in [3.8, 4) is 0 Å². The minimum atomic E-state index is -0.185. The van der Waals surface area contributed by atoms with E-state index >= 15 is 0 Å². The average Bonchev–Trinajstić information content (AvgIpc) is 2.49. The first-order valence-electron chi connectivity index (χ1n) is 4.11. The Bertz CT molecular complexity index is 280. The van der Waals surface area contributed by atoms with Crippen molar-refractivity contribution in [1.82, 2.24) is 0 Å². The van der Waals surface area contributed by atoms with Crippen LogP contribution in [0.25, 0.3) is 0 Å². The molecule has 0 aliphatic rings. The standard InChI is InChI=1S/C9H11BrO3/c1-2-12-9(11)4-3-8-5-7(10)6-13-8/h5-6H,2-4H2,1H3. The fourth-order valence-electron chi connectivity index (χ4n) is 0.943. The molecule has 0 aliphatic carbocycles. The molecule has 0 fully saturated rings. The van der Waals surface area contributed by atoms with Crippen LogP contribution < -0.4 is 0 Å². The maximum Gasteiger partial charge on any atom is 0.306 e. The summed E-state index contributed by atoms with van der Waals surface area (Å²) in [6.45, 7) is 2.22. The monoisotopic (exact) mass is 246 g/mol. The number of aryl methyl sites for hydroxylation is 1. The highest BCUT2D eigenvalue weighted by atomic mass is 79.9. The van der Waals surface area contributed by atoms with Crippen LogP contribution in [0.5, 0.6) is 0 Å². The van der Waals surface area contributed by atoms with Gasteiger partial charge in [0.15, 0.2) is 0 Å². The van der Waals surface area contributed by atoms with Gasteiger partial charge in [0.25, 0.3) is 0 Å². The molecule has 1 heterocycles. The fourth-order valence-corrected chi connectivity index (χ4v) is 1.29. The van der Waals surface area contributed by atoms with Gasteiger partial charge in [0, 0.05) is 6.42 Å². The van der Waals surface area contributed by atoms with Gasteiger partial charge in [-0.05, 0) is 28.9 Å². The number of hydrogen-bond donors (Lipinski definition) is 0. The second-order valence-electron chi connectivity index (χ2n) is 2.54. The Kier molecular flexibility index (Phi) is 4.02. The first kappa shape index (κ1) is 10.3. The number of halogens is 1. The third-order valence-corrected chi connectivity index (χ3v) is 1.92. The molecule has 0 amide bonds. The second-order valence-corrected chi connectivity index (χ2v) is 3.45. The smallest absolute Gasteiger partial charge is 0.306 e. The van der Waals surface area contributed by atoms with E-state index in [9.17, 15) is 4.79 Å². The van der Waals surface area contributed by atoms with Gasteiger partial charge in [-0.15, -0.1) is 0 Å². The van der Waals surface area contributed by atoms with Gasteiger partial charge in [0.1, 0.15) is 12.0 Å². The molecule has 3 nitrogen and oxygen atoms in total. The van der Waals surface area contributed by atoms with Gasteiger partial charge in [-0.3, -0.25) is 4.79 Å². The molecule has 1 aromatic heterocycles. The molecule has 0 aromatic carbocycles. The second kappa shape index (κ2) is 5.07. The number of ether oxygens (including phenoxy) is 1. The number of rotatable bonds is 4. The lowest BCUT2D eigenvalue weighted by Gasteiger charge is -1.98. The summed E-state index contributed by atoms with van der Waals surface area (Å²) >= 11 is 3.26. The van der Waals surface area contributed by atoms with Crippen LogP contribution >= 0.6 is 15.9 Å². The molecule has 0 saturated carbocycles. The summed E-state index contributed by atoms with van der Waals surface area (Å²) in [5.41, 5.74) is 0. The van der Waals surface area contributed by atoms with Crippen LogP contribution in [0.2, 0.25) is 0 Å². The number of esters is 1. The normalized spacial score (nSPS) is 10.0. The van der Waals surface area contributed by atoms with Crippen molar-refractivity contribution in [2.45, 2.75) is 19.8 Å². The van der Waals surface area contributed by atoms with Crippen molar-refractivity contribution in [3.63, 3.8) is 0 Å². The zero-order valence-electron chi connectivity index (χ0n) is 7.38. The molecule has 1 rings (SSSR count). The Morgan fingerprint density at radius 2 is 2.46 bits per heavy atom. The van der Waals surface area contributed by atoms with Crippen molar-refractivity contribution in [1.29, 1.82) is 0 Å². The van der Waals surface area contributed by atoms with E-state index in [1.54, 1.807) is 13.2 Å². The zero-order chi connectivity index (χ0) is 9.68. The highest BCUT2D eigenvalue weighted by Crippen LogP contribution is 2.15. The zero-order valence-corrected chi connectivity index (χ0v) is 8.96. The Hall–Kier alpha value is -0.770. The summed E-state index contributed by atoms with van der Waals surface area (Å²) in [6.07, 6.45) is 2.55. The fraction of sp³-hybridized carbons (Fsp3) is 0.444. The Morgan fingerprint density at radius 1 is 1.69 bits per heavy atom. The molecule has 0 N–H and O–H groups in total. The molecule has 0 radical (unpaired) electrons. The molecule has 4 heteroatoms. The van der Waals surface area contributed by atoms with E-state index in [0.29, 0.717) is 19.4 Å². The van der Waals surface area contributed by atoms with E-state index in [1.165, 1.54) is 0 Å². The highest BCUT2D eigenvalue weighted by molar-refractivity contribution is 9.10. The maximum atomic E-state index is 10.9. The summed E-state index contributed by atoms with van der Waals surface area (Å²) in [6, 6.07) is 1.85. The number of carbonyl (C=O) groups excluding carboxylic acids is 1. The first-order valence-corrected chi connectivity index (χ1v) is 4.90. The van der Waals surface area contributed by atoms with E-state index in [2.05, 4.69) is 15.9 Å². The molecule has 0 unspecified atom stereocenters. The molecule has 0 bridgehead atoms. The van der Waals surface area contributed by atoms with Gasteiger partial charge >= 0.3 is 5.97 Å². The predicted molar refractivity (Wildman–Crippen MR) is 51.4 cm³/mol. The summed E-state index contributed by atoms with van der Waals surface area (Å²) in [4.78, 5) is 10.9. The van der Waals surface area contributed by atoms with Crippen LogP contribution in [0.15, 0.2) is 21.2 Å². The minimum Gasteiger partial charge on any atom is -0.468 e. The van der Waals surface area contributed by atoms with Crippen LogP contribution in [0.1, 0.15) is 19.1 Å². The number of carbonyl (C=O) groups is 1. The molecule has 72 valence electrons. The Balaban J connectivity index is 2.30.